The van der Waals surface area contributed by atoms with E-state index in [1.807, 2.05) is 0 Å². The average Bonchev–Trinajstić information content (AvgIpc) is 2.39. The van der Waals surface area contributed by atoms with E-state index in [0.29, 0.717) is 5.56 Å². The Morgan fingerprint density at radius 1 is 1.26 bits per heavy atom. The highest BCUT2D eigenvalue weighted by molar-refractivity contribution is 7.53. The van der Waals surface area contributed by atoms with E-state index >= 15 is 0 Å². The second-order valence-electron chi connectivity index (χ2n) is 4.32. The van der Waals surface area contributed by atoms with Crippen LogP contribution in [0.15, 0.2) is 24.3 Å². The van der Waals surface area contributed by atoms with Crippen LogP contribution < -0.4 is 0 Å². The van der Waals surface area contributed by atoms with Crippen molar-refractivity contribution in [1.29, 1.82) is 0 Å². The molecule has 5 nitrogen and oxygen atoms in total. The molecular formula is C13H19O5P. The second kappa shape index (κ2) is 5.87. The topological polar surface area (TPSA) is 83.8 Å². The first-order valence-electron chi connectivity index (χ1n) is 6.07. The first kappa shape index (κ1) is 15.9. The van der Waals surface area contributed by atoms with E-state index in [-0.39, 0.29) is 18.4 Å². The second-order valence-corrected chi connectivity index (χ2v) is 6.26. The van der Waals surface area contributed by atoms with Gasteiger partial charge in [0.1, 0.15) is 0 Å². The zero-order chi connectivity index (χ0) is 14.7. The molecule has 1 aromatic carbocycles. The minimum atomic E-state index is -4.41. The molecule has 0 fully saturated rings. The molecule has 0 unspecified atom stereocenters. The molecule has 0 heterocycles. The molecule has 19 heavy (non-hydrogen) atoms. The van der Waals surface area contributed by atoms with Gasteiger partial charge in [-0.1, -0.05) is 32.0 Å². The van der Waals surface area contributed by atoms with Crippen LogP contribution in [-0.2, 0) is 14.5 Å². The van der Waals surface area contributed by atoms with Crippen molar-refractivity contribution in [2.45, 2.75) is 31.8 Å². The number of carbonyl (C=O) groups is 1. The number of benzene rings is 1. The summed E-state index contributed by atoms with van der Waals surface area (Å²) in [4.78, 5) is 31.2. The number of methoxy groups -OCH3 is 1. The van der Waals surface area contributed by atoms with Crippen LogP contribution >= 0.6 is 7.60 Å². The Labute approximate surface area is 112 Å². The highest BCUT2D eigenvalue weighted by Crippen LogP contribution is 2.61. The molecule has 2 N–H and O–H groups in total. The van der Waals surface area contributed by atoms with Crippen molar-refractivity contribution in [1.82, 2.24) is 0 Å². The van der Waals surface area contributed by atoms with Gasteiger partial charge in [0, 0.05) is 0 Å². The van der Waals surface area contributed by atoms with Gasteiger partial charge in [-0.15, -0.1) is 0 Å². The van der Waals surface area contributed by atoms with Gasteiger partial charge in [-0.3, -0.25) is 4.57 Å². The summed E-state index contributed by atoms with van der Waals surface area (Å²) in [7, 11) is -3.17. The van der Waals surface area contributed by atoms with Crippen LogP contribution in [0.5, 0.6) is 0 Å². The van der Waals surface area contributed by atoms with Crippen molar-refractivity contribution in [2.24, 2.45) is 0 Å². The Balaban J connectivity index is 3.57. The Hall–Kier alpha value is -1.16. The molecule has 106 valence electrons. The number of hydrogen-bond acceptors (Lipinski definition) is 3. The molecule has 1 rings (SSSR count). The zero-order valence-electron chi connectivity index (χ0n) is 11.3. The number of hydrogen-bond donors (Lipinski definition) is 2. The van der Waals surface area contributed by atoms with Gasteiger partial charge in [-0.25, -0.2) is 4.79 Å². The lowest BCUT2D eigenvalue weighted by Crippen LogP contribution is -2.27. The summed E-state index contributed by atoms with van der Waals surface area (Å²) in [5, 5.41) is -1.35. The molecule has 0 aromatic heterocycles. The highest BCUT2D eigenvalue weighted by atomic mass is 31.2. The van der Waals surface area contributed by atoms with Crippen molar-refractivity contribution in [3.05, 3.63) is 35.4 Å². The lowest BCUT2D eigenvalue weighted by Gasteiger charge is -2.34. The molecule has 0 saturated carbocycles. The van der Waals surface area contributed by atoms with E-state index in [9.17, 15) is 19.1 Å². The maximum absolute atomic E-state index is 11.9. The van der Waals surface area contributed by atoms with E-state index in [0.717, 1.165) is 0 Å². The molecule has 1 aromatic rings. The first-order chi connectivity index (χ1) is 8.84. The fraction of sp³-hybridized carbons (Fsp3) is 0.462. The average molecular weight is 286 g/mol. The fourth-order valence-electron chi connectivity index (χ4n) is 2.38. The highest BCUT2D eigenvalue weighted by Gasteiger charge is 2.47. The molecule has 0 atom stereocenters. The third-order valence-electron chi connectivity index (χ3n) is 3.56. The van der Waals surface area contributed by atoms with Crippen molar-refractivity contribution in [3.63, 3.8) is 0 Å². The van der Waals surface area contributed by atoms with Crippen LogP contribution in [0.25, 0.3) is 0 Å². The first-order valence-corrected chi connectivity index (χ1v) is 7.68. The van der Waals surface area contributed by atoms with Crippen LogP contribution in [0, 0.1) is 0 Å². The molecule has 6 heteroatoms. The largest absolute Gasteiger partial charge is 0.465 e. The summed E-state index contributed by atoms with van der Waals surface area (Å²) in [5.41, 5.74) is 0.553. The Kier molecular flexibility index (Phi) is 4.91. The van der Waals surface area contributed by atoms with Gasteiger partial charge in [0.2, 0.25) is 0 Å². The van der Waals surface area contributed by atoms with Crippen LogP contribution in [0.1, 0.15) is 42.6 Å². The minimum Gasteiger partial charge on any atom is -0.465 e. The van der Waals surface area contributed by atoms with Gasteiger partial charge in [0.05, 0.1) is 17.8 Å². The van der Waals surface area contributed by atoms with Crippen molar-refractivity contribution >= 4 is 13.6 Å². The van der Waals surface area contributed by atoms with Gasteiger partial charge < -0.3 is 14.5 Å². The van der Waals surface area contributed by atoms with Gasteiger partial charge in [-0.05, 0) is 24.5 Å². The van der Waals surface area contributed by atoms with Gasteiger partial charge in [0.25, 0.3) is 0 Å². The van der Waals surface area contributed by atoms with Crippen molar-refractivity contribution in [3.8, 4) is 0 Å². The molecule has 0 radical (unpaired) electrons. The zero-order valence-corrected chi connectivity index (χ0v) is 12.2. The summed E-state index contributed by atoms with van der Waals surface area (Å²) < 4.78 is 16.6. The SMILES string of the molecule is CCC(CC)(c1ccccc1C(=O)OC)P(=O)(O)O. The number of ether oxygens (including phenoxy) is 1. The molecule has 0 aliphatic carbocycles. The molecule has 0 amide bonds. The molecule has 0 spiro atoms. The lowest BCUT2D eigenvalue weighted by molar-refractivity contribution is 0.0598. The van der Waals surface area contributed by atoms with Crippen LogP contribution in [0.2, 0.25) is 0 Å². The van der Waals surface area contributed by atoms with E-state index in [2.05, 4.69) is 4.74 Å². The smallest absolute Gasteiger partial charge is 0.338 e. The predicted octanol–water partition coefficient (Wildman–Crippen LogP) is 2.67. The summed E-state index contributed by atoms with van der Waals surface area (Å²) >= 11 is 0. The third kappa shape index (κ3) is 2.73. The van der Waals surface area contributed by atoms with E-state index in [1.165, 1.54) is 13.2 Å². The maximum Gasteiger partial charge on any atom is 0.338 e. The third-order valence-corrected chi connectivity index (χ3v) is 5.55. The summed E-state index contributed by atoms with van der Waals surface area (Å²) in [5.74, 6) is -0.588. The van der Waals surface area contributed by atoms with E-state index in [1.54, 1.807) is 32.0 Å². The van der Waals surface area contributed by atoms with Crippen molar-refractivity contribution in [2.75, 3.05) is 7.11 Å². The minimum absolute atomic E-state index is 0.206. The van der Waals surface area contributed by atoms with Gasteiger partial charge in [-0.2, -0.15) is 0 Å². The Morgan fingerprint density at radius 2 is 1.79 bits per heavy atom. The summed E-state index contributed by atoms with van der Waals surface area (Å²) in [6, 6.07) is 6.41. The normalized spacial score (nSPS) is 12.3. The maximum atomic E-state index is 11.9. The monoisotopic (exact) mass is 286 g/mol. The predicted molar refractivity (Wildman–Crippen MR) is 72.1 cm³/mol. The quantitative estimate of drug-likeness (QED) is 0.642. The van der Waals surface area contributed by atoms with Crippen LogP contribution in [0.3, 0.4) is 0 Å². The molecule has 0 aliphatic heterocycles. The van der Waals surface area contributed by atoms with E-state index in [4.69, 9.17) is 0 Å². The van der Waals surface area contributed by atoms with Crippen molar-refractivity contribution < 1.29 is 23.9 Å². The van der Waals surface area contributed by atoms with Crippen LogP contribution in [0.4, 0.5) is 0 Å². The molecule has 0 saturated heterocycles. The molecule has 0 bridgehead atoms. The lowest BCUT2D eigenvalue weighted by atomic mass is 9.89. The molecular weight excluding hydrogens is 267 g/mol. The van der Waals surface area contributed by atoms with Gasteiger partial charge in [0.15, 0.2) is 0 Å². The number of esters is 1. The summed E-state index contributed by atoms with van der Waals surface area (Å²) in [6.45, 7) is 3.41. The summed E-state index contributed by atoms with van der Waals surface area (Å²) in [6.07, 6.45) is 0.476. The number of rotatable bonds is 5. The Morgan fingerprint density at radius 3 is 2.21 bits per heavy atom. The van der Waals surface area contributed by atoms with Gasteiger partial charge >= 0.3 is 13.6 Å². The van der Waals surface area contributed by atoms with Crippen LogP contribution in [-0.4, -0.2) is 22.9 Å². The fourth-order valence-corrected chi connectivity index (χ4v) is 3.71. The molecule has 0 aliphatic rings. The number of carbonyl (C=O) groups excluding carboxylic acids is 1. The Bertz CT molecular complexity index is 502. The van der Waals surface area contributed by atoms with E-state index < -0.39 is 18.7 Å². The standard InChI is InChI=1S/C13H19O5P/c1-4-13(5-2,19(15,16)17)11-9-7-6-8-10(11)12(14)18-3/h6-9H,4-5H2,1-3H3,(H2,15,16,17).